The molecule has 0 saturated carbocycles. The van der Waals surface area contributed by atoms with E-state index in [1.54, 1.807) is 30.0 Å². The first-order chi connectivity index (χ1) is 14.8. The van der Waals surface area contributed by atoms with E-state index in [1.165, 1.54) is 6.07 Å². The molecule has 2 aromatic rings. The number of aryl methyl sites for hydroxylation is 1. The number of hydrogen-bond acceptors (Lipinski definition) is 5. The van der Waals surface area contributed by atoms with Crippen molar-refractivity contribution >= 4 is 40.5 Å². The van der Waals surface area contributed by atoms with Gasteiger partial charge in [0.15, 0.2) is 5.78 Å². The summed E-state index contributed by atoms with van der Waals surface area (Å²) in [5, 5.41) is 5.63. The highest BCUT2D eigenvalue weighted by Crippen LogP contribution is 2.47. The molecular formula is C23H22F2N2O2S2. The van der Waals surface area contributed by atoms with E-state index in [0.29, 0.717) is 23.3 Å². The van der Waals surface area contributed by atoms with Gasteiger partial charge in [-0.3, -0.25) is 9.59 Å². The highest BCUT2D eigenvalue weighted by molar-refractivity contribution is 8.00. The second kappa shape index (κ2) is 8.59. The second-order valence-electron chi connectivity index (χ2n) is 7.62. The van der Waals surface area contributed by atoms with Crippen LogP contribution in [-0.4, -0.2) is 17.9 Å². The molecule has 1 aromatic carbocycles. The normalized spacial score (nSPS) is 18.7. The Balaban J connectivity index is 1.84. The van der Waals surface area contributed by atoms with E-state index in [-0.39, 0.29) is 5.78 Å². The number of nitrogens with one attached hydrogen (secondary N) is 2. The Kier molecular flexibility index (Phi) is 6.03. The van der Waals surface area contributed by atoms with Crippen molar-refractivity contribution in [1.29, 1.82) is 0 Å². The lowest BCUT2D eigenvalue weighted by Crippen LogP contribution is -2.35. The van der Waals surface area contributed by atoms with Crippen LogP contribution < -0.4 is 10.6 Å². The van der Waals surface area contributed by atoms with Crippen molar-refractivity contribution in [1.82, 2.24) is 5.32 Å². The van der Waals surface area contributed by atoms with E-state index < -0.39 is 29.1 Å². The summed E-state index contributed by atoms with van der Waals surface area (Å²) in [6.07, 6.45) is 3.86. The summed E-state index contributed by atoms with van der Waals surface area (Å²) in [7, 11) is 0. The maximum absolute atomic E-state index is 14.2. The number of benzene rings is 1. The molecule has 0 fully saturated rings. The molecule has 162 valence electrons. The molecule has 0 saturated heterocycles. The number of amides is 1. The van der Waals surface area contributed by atoms with Gasteiger partial charge in [-0.25, -0.2) is 8.78 Å². The van der Waals surface area contributed by atoms with Crippen LogP contribution in [0.4, 0.5) is 14.5 Å². The fourth-order valence-corrected chi connectivity index (χ4v) is 6.18. The van der Waals surface area contributed by atoms with Gasteiger partial charge >= 0.3 is 0 Å². The molecule has 1 aliphatic heterocycles. The molecule has 8 heteroatoms. The standard InChI is InChI=1S/C23H22F2N2O2S2/c1-11-10-13(23(30-3)31-11)19-18(12(2)26-16-8-5-9-17(28)20(16)19)22(29)27-21-14(24)6-4-7-15(21)25/h4,6-7,10,19,26H,5,8-9H2,1-3H3,(H,27,29)/t19-/m0/s1. The van der Waals surface area contributed by atoms with Gasteiger partial charge in [-0.15, -0.1) is 23.1 Å². The number of Topliss-reactive ketones (excluding diaryl/α,β-unsaturated/α-hetero) is 1. The highest BCUT2D eigenvalue weighted by Gasteiger charge is 2.40. The summed E-state index contributed by atoms with van der Waals surface area (Å²) < 4.78 is 29.4. The monoisotopic (exact) mass is 460 g/mol. The van der Waals surface area contributed by atoms with Crippen LogP contribution in [-0.2, 0) is 9.59 Å². The third-order valence-electron chi connectivity index (χ3n) is 5.57. The van der Waals surface area contributed by atoms with Gasteiger partial charge < -0.3 is 10.6 Å². The number of carbonyl (C=O) groups is 2. The molecule has 0 bridgehead atoms. The Labute approximate surface area is 187 Å². The smallest absolute Gasteiger partial charge is 0.254 e. The molecule has 1 aromatic heterocycles. The summed E-state index contributed by atoms with van der Waals surface area (Å²) in [4.78, 5) is 27.4. The minimum absolute atomic E-state index is 0.00419. The average molecular weight is 461 g/mol. The van der Waals surface area contributed by atoms with Gasteiger partial charge in [0, 0.05) is 39.8 Å². The molecule has 1 aliphatic carbocycles. The fourth-order valence-electron chi connectivity index (χ4n) is 4.27. The number of dihydropyridines is 1. The number of thioether (sulfide) groups is 1. The summed E-state index contributed by atoms with van der Waals surface area (Å²) >= 11 is 3.17. The van der Waals surface area contributed by atoms with Crippen LogP contribution in [0, 0.1) is 18.6 Å². The van der Waals surface area contributed by atoms with E-state index in [4.69, 9.17) is 0 Å². The lowest BCUT2D eigenvalue weighted by molar-refractivity contribution is -0.116. The Morgan fingerprint density at radius 2 is 1.94 bits per heavy atom. The second-order valence-corrected chi connectivity index (χ2v) is 9.95. The van der Waals surface area contributed by atoms with E-state index in [0.717, 1.165) is 45.3 Å². The molecule has 4 nitrogen and oxygen atoms in total. The van der Waals surface area contributed by atoms with Crippen molar-refractivity contribution < 1.29 is 18.4 Å². The van der Waals surface area contributed by atoms with Crippen LogP contribution in [0.25, 0.3) is 0 Å². The number of rotatable bonds is 4. The van der Waals surface area contributed by atoms with Crippen molar-refractivity contribution in [3.63, 3.8) is 0 Å². The Morgan fingerprint density at radius 3 is 2.61 bits per heavy atom. The first-order valence-corrected chi connectivity index (χ1v) is 12.0. The highest BCUT2D eigenvalue weighted by atomic mass is 32.2. The van der Waals surface area contributed by atoms with Crippen LogP contribution in [0.2, 0.25) is 0 Å². The number of carbonyl (C=O) groups excluding carboxylic acids is 2. The Bertz CT molecular complexity index is 1130. The van der Waals surface area contributed by atoms with E-state index in [1.807, 2.05) is 19.2 Å². The fraction of sp³-hybridized carbons (Fsp3) is 0.304. The maximum atomic E-state index is 14.2. The predicted octanol–water partition coefficient (Wildman–Crippen LogP) is 5.66. The zero-order valence-electron chi connectivity index (χ0n) is 17.4. The quantitative estimate of drug-likeness (QED) is 0.578. The summed E-state index contributed by atoms with van der Waals surface area (Å²) in [6, 6.07) is 5.43. The molecule has 4 rings (SSSR count). The van der Waals surface area contributed by atoms with Crippen molar-refractivity contribution in [2.75, 3.05) is 11.6 Å². The molecular weight excluding hydrogens is 438 g/mol. The number of para-hydroxylation sites is 1. The third kappa shape index (κ3) is 3.94. The molecule has 2 aliphatic rings. The van der Waals surface area contributed by atoms with Crippen molar-refractivity contribution in [2.45, 2.75) is 43.2 Å². The summed E-state index contributed by atoms with van der Waals surface area (Å²) in [6.45, 7) is 3.75. The maximum Gasteiger partial charge on any atom is 0.254 e. The number of hydrogen-bond donors (Lipinski definition) is 2. The Hall–Kier alpha value is -2.45. The van der Waals surface area contributed by atoms with Gasteiger partial charge in [0.05, 0.1) is 4.21 Å². The zero-order valence-corrected chi connectivity index (χ0v) is 19.0. The number of anilines is 1. The van der Waals surface area contributed by atoms with E-state index in [2.05, 4.69) is 10.6 Å². The first kappa shape index (κ1) is 21.8. The molecule has 0 unspecified atom stereocenters. The molecule has 0 radical (unpaired) electrons. The van der Waals surface area contributed by atoms with Crippen molar-refractivity contribution in [2.24, 2.45) is 0 Å². The minimum atomic E-state index is -0.850. The lowest BCUT2D eigenvalue weighted by atomic mass is 9.75. The van der Waals surface area contributed by atoms with Gasteiger partial charge in [0.2, 0.25) is 0 Å². The number of halogens is 2. The number of thiophene rings is 1. The van der Waals surface area contributed by atoms with Gasteiger partial charge in [0.25, 0.3) is 5.91 Å². The summed E-state index contributed by atoms with van der Waals surface area (Å²) in [5.74, 6) is -2.90. The molecule has 0 spiro atoms. The minimum Gasteiger partial charge on any atom is -0.362 e. The molecule has 2 heterocycles. The molecule has 2 N–H and O–H groups in total. The predicted molar refractivity (Wildman–Crippen MR) is 120 cm³/mol. The lowest BCUT2D eigenvalue weighted by Gasteiger charge is -2.34. The largest absolute Gasteiger partial charge is 0.362 e. The van der Waals surface area contributed by atoms with Gasteiger partial charge in [-0.1, -0.05) is 6.07 Å². The van der Waals surface area contributed by atoms with Crippen LogP contribution in [0.3, 0.4) is 0 Å². The topological polar surface area (TPSA) is 58.2 Å². The molecule has 1 amide bonds. The van der Waals surface area contributed by atoms with Crippen molar-refractivity contribution in [3.05, 3.63) is 68.9 Å². The average Bonchev–Trinajstić information content (AvgIpc) is 3.10. The first-order valence-electron chi connectivity index (χ1n) is 9.95. The zero-order chi connectivity index (χ0) is 22.3. The van der Waals surface area contributed by atoms with Crippen molar-refractivity contribution in [3.8, 4) is 0 Å². The molecule has 1 atom stereocenters. The number of ketones is 1. The van der Waals surface area contributed by atoms with E-state index in [9.17, 15) is 18.4 Å². The molecule has 31 heavy (non-hydrogen) atoms. The van der Waals surface area contributed by atoms with Crippen LogP contribution in [0.15, 0.2) is 51.0 Å². The van der Waals surface area contributed by atoms with Crippen LogP contribution in [0.1, 0.15) is 42.5 Å². The third-order valence-corrected chi connectivity index (χ3v) is 7.78. The van der Waals surface area contributed by atoms with Crippen LogP contribution in [0.5, 0.6) is 0 Å². The van der Waals surface area contributed by atoms with Gasteiger partial charge in [0.1, 0.15) is 17.3 Å². The summed E-state index contributed by atoms with van der Waals surface area (Å²) in [5.41, 5.74) is 2.71. The SMILES string of the molecule is CSc1sc(C)cc1[C@H]1C(C(=O)Nc2c(F)cccc2F)=C(C)NC2=C1C(=O)CCC2. The van der Waals surface area contributed by atoms with Crippen LogP contribution >= 0.6 is 23.1 Å². The van der Waals surface area contributed by atoms with Gasteiger partial charge in [-0.05, 0) is 56.7 Å². The van der Waals surface area contributed by atoms with E-state index >= 15 is 0 Å². The number of allylic oxidation sites excluding steroid dienone is 3. The Morgan fingerprint density at radius 1 is 1.23 bits per heavy atom. The van der Waals surface area contributed by atoms with Gasteiger partial charge in [-0.2, -0.15) is 0 Å².